The van der Waals surface area contributed by atoms with Crippen molar-refractivity contribution in [3.05, 3.63) is 47.5 Å². The maximum atomic E-state index is 11.9. The first-order valence-corrected chi connectivity index (χ1v) is 6.62. The minimum atomic E-state index is -0.330. The number of carbonyl (C=O) groups is 2. The Morgan fingerprint density at radius 3 is 1.70 bits per heavy atom. The van der Waals surface area contributed by atoms with Crippen molar-refractivity contribution in [3.63, 3.8) is 0 Å². The fraction of sp³-hybridized carbons (Fsp3) is 0.250. The molecule has 4 nitrogen and oxygen atoms in total. The molecule has 0 fully saturated rings. The van der Waals surface area contributed by atoms with E-state index in [9.17, 15) is 9.59 Å². The van der Waals surface area contributed by atoms with Gasteiger partial charge in [-0.1, -0.05) is 12.1 Å². The average Bonchev–Trinajstić information content (AvgIpc) is 2.48. The van der Waals surface area contributed by atoms with Gasteiger partial charge < -0.3 is 9.47 Å². The minimum Gasteiger partial charge on any atom is -0.462 e. The van der Waals surface area contributed by atoms with E-state index in [4.69, 9.17) is 9.47 Å². The van der Waals surface area contributed by atoms with Crippen molar-refractivity contribution in [2.75, 3.05) is 13.2 Å². The van der Waals surface area contributed by atoms with Gasteiger partial charge in [-0.3, -0.25) is 0 Å². The van der Waals surface area contributed by atoms with E-state index in [1.165, 1.54) is 0 Å². The van der Waals surface area contributed by atoms with Crippen LogP contribution in [0, 0.1) is 0 Å². The van der Waals surface area contributed by atoms with E-state index in [-0.39, 0.29) is 11.9 Å². The van der Waals surface area contributed by atoms with E-state index in [2.05, 4.69) is 0 Å². The molecule has 102 valence electrons. The van der Waals surface area contributed by atoms with Crippen molar-refractivity contribution in [3.8, 4) is 0 Å². The Balaban J connectivity index is 2.08. The molecule has 20 heavy (non-hydrogen) atoms. The van der Waals surface area contributed by atoms with Gasteiger partial charge in [-0.2, -0.15) is 0 Å². The van der Waals surface area contributed by atoms with Gasteiger partial charge in [-0.25, -0.2) is 9.59 Å². The number of hydrogen-bond donors (Lipinski definition) is 0. The Kier molecular flexibility index (Phi) is 3.37. The van der Waals surface area contributed by atoms with E-state index in [1.807, 2.05) is 12.1 Å². The molecule has 3 rings (SSSR count). The minimum absolute atomic E-state index is 0.330. The van der Waals surface area contributed by atoms with Crippen LogP contribution < -0.4 is 0 Å². The van der Waals surface area contributed by atoms with Crippen molar-refractivity contribution in [2.24, 2.45) is 0 Å². The topological polar surface area (TPSA) is 52.6 Å². The Morgan fingerprint density at radius 2 is 1.20 bits per heavy atom. The van der Waals surface area contributed by atoms with Crippen molar-refractivity contribution in [1.29, 1.82) is 0 Å². The van der Waals surface area contributed by atoms with Crippen LogP contribution in [0.1, 0.15) is 33.6 Å². The molecule has 1 heterocycles. The molecule has 0 amide bonds. The van der Waals surface area contributed by atoms with Crippen molar-refractivity contribution in [2.45, 2.75) is 12.8 Å². The molecule has 2 aromatic rings. The predicted molar refractivity (Wildman–Crippen MR) is 73.7 cm³/mol. The molecule has 0 aromatic heterocycles. The van der Waals surface area contributed by atoms with Crippen LogP contribution in [-0.4, -0.2) is 25.2 Å². The fourth-order valence-electron chi connectivity index (χ4n) is 2.20. The summed E-state index contributed by atoms with van der Waals surface area (Å²) in [4.78, 5) is 23.8. The summed E-state index contributed by atoms with van der Waals surface area (Å²) in [6.07, 6.45) is 1.36. The van der Waals surface area contributed by atoms with Crippen LogP contribution in [0.5, 0.6) is 0 Å². The summed E-state index contributed by atoms with van der Waals surface area (Å²) in [7, 11) is 0. The predicted octanol–water partition coefficient (Wildman–Crippen LogP) is 2.95. The summed E-state index contributed by atoms with van der Waals surface area (Å²) < 4.78 is 10.4. The Bertz CT molecular complexity index is 620. The molecular weight excluding hydrogens is 256 g/mol. The molecule has 0 N–H and O–H groups in total. The highest BCUT2D eigenvalue weighted by Gasteiger charge is 2.12. The van der Waals surface area contributed by atoms with E-state index < -0.39 is 0 Å². The number of esters is 2. The summed E-state index contributed by atoms with van der Waals surface area (Å²) in [5, 5.41) is 1.79. The summed E-state index contributed by atoms with van der Waals surface area (Å²) in [6.45, 7) is 0.679. The van der Waals surface area contributed by atoms with Gasteiger partial charge in [-0.05, 0) is 47.9 Å². The summed E-state index contributed by atoms with van der Waals surface area (Å²) >= 11 is 0. The average molecular weight is 270 g/mol. The standard InChI is InChI=1S/C16H14O4/c17-15-12-5-3-11-4-6-13(10-14(11)9-12)16(18)20-8-2-1-7-19-15/h3-6,9-10H,1-2,7-8H2. The highest BCUT2D eigenvalue weighted by atomic mass is 16.5. The number of fused-ring (bicyclic) bond motifs is 2. The molecule has 0 atom stereocenters. The van der Waals surface area contributed by atoms with Crippen LogP contribution in [0.2, 0.25) is 0 Å². The van der Waals surface area contributed by atoms with Crippen molar-refractivity contribution in [1.82, 2.24) is 0 Å². The summed E-state index contributed by atoms with van der Waals surface area (Å²) in [6, 6.07) is 10.7. The van der Waals surface area contributed by atoms with Crippen molar-refractivity contribution < 1.29 is 19.1 Å². The zero-order chi connectivity index (χ0) is 13.9. The van der Waals surface area contributed by atoms with Gasteiger partial charge in [0.05, 0.1) is 24.3 Å². The number of hydrogen-bond acceptors (Lipinski definition) is 4. The van der Waals surface area contributed by atoms with Gasteiger partial charge in [0, 0.05) is 0 Å². The highest BCUT2D eigenvalue weighted by molar-refractivity contribution is 5.99. The normalized spacial score (nSPS) is 16.2. The van der Waals surface area contributed by atoms with Crippen molar-refractivity contribution >= 4 is 22.7 Å². The molecule has 4 heteroatoms. The van der Waals surface area contributed by atoms with E-state index >= 15 is 0 Å². The Labute approximate surface area is 116 Å². The lowest BCUT2D eigenvalue weighted by molar-refractivity contribution is 0.0433. The zero-order valence-corrected chi connectivity index (χ0v) is 10.9. The second-order valence-corrected chi connectivity index (χ2v) is 4.76. The highest BCUT2D eigenvalue weighted by Crippen LogP contribution is 2.19. The summed E-state index contributed by atoms with van der Waals surface area (Å²) in [5.74, 6) is -0.660. The van der Waals surface area contributed by atoms with Gasteiger partial charge in [0.1, 0.15) is 0 Å². The zero-order valence-electron chi connectivity index (χ0n) is 10.9. The third kappa shape index (κ3) is 2.50. The monoisotopic (exact) mass is 270 g/mol. The molecule has 0 saturated carbocycles. The molecule has 0 unspecified atom stereocenters. The second-order valence-electron chi connectivity index (χ2n) is 4.76. The van der Waals surface area contributed by atoms with Gasteiger partial charge in [0.15, 0.2) is 0 Å². The lowest BCUT2D eigenvalue weighted by Gasteiger charge is -2.05. The number of cyclic esters (lactones) is 2. The third-order valence-electron chi connectivity index (χ3n) is 3.32. The van der Waals surface area contributed by atoms with E-state index in [0.29, 0.717) is 37.2 Å². The van der Waals surface area contributed by atoms with E-state index in [1.54, 1.807) is 24.3 Å². The molecule has 3 bridgehead atoms. The molecular formula is C16H14O4. The van der Waals surface area contributed by atoms with Crippen LogP contribution in [0.4, 0.5) is 0 Å². The first kappa shape index (κ1) is 12.7. The third-order valence-corrected chi connectivity index (χ3v) is 3.32. The Morgan fingerprint density at radius 1 is 0.700 bits per heavy atom. The molecule has 0 spiro atoms. The van der Waals surface area contributed by atoms with Gasteiger partial charge in [0.2, 0.25) is 0 Å². The van der Waals surface area contributed by atoms with Crippen LogP contribution in [-0.2, 0) is 9.47 Å². The Hall–Kier alpha value is -2.36. The van der Waals surface area contributed by atoms with Crippen LogP contribution in [0.25, 0.3) is 10.8 Å². The lowest BCUT2D eigenvalue weighted by Crippen LogP contribution is -2.08. The number of benzene rings is 2. The lowest BCUT2D eigenvalue weighted by atomic mass is 10.0. The number of rotatable bonds is 0. The molecule has 0 aliphatic carbocycles. The SMILES string of the molecule is O=C1OCCCCOC(=O)c2ccc3ccc1cc3c2. The number of carbonyl (C=O) groups excluding carboxylic acids is 2. The van der Waals surface area contributed by atoms with Crippen LogP contribution >= 0.6 is 0 Å². The molecule has 1 aliphatic heterocycles. The van der Waals surface area contributed by atoms with Crippen LogP contribution in [0.3, 0.4) is 0 Å². The first-order chi connectivity index (χ1) is 9.74. The molecule has 1 aliphatic rings. The maximum Gasteiger partial charge on any atom is 0.338 e. The van der Waals surface area contributed by atoms with Gasteiger partial charge in [0.25, 0.3) is 0 Å². The smallest absolute Gasteiger partial charge is 0.338 e. The van der Waals surface area contributed by atoms with Gasteiger partial charge >= 0.3 is 11.9 Å². The maximum absolute atomic E-state index is 11.9. The molecule has 2 aromatic carbocycles. The quantitative estimate of drug-likeness (QED) is 0.691. The van der Waals surface area contributed by atoms with Crippen LogP contribution in [0.15, 0.2) is 36.4 Å². The first-order valence-electron chi connectivity index (χ1n) is 6.62. The van der Waals surface area contributed by atoms with E-state index in [0.717, 1.165) is 10.8 Å². The summed E-state index contributed by atoms with van der Waals surface area (Å²) in [5.41, 5.74) is 1.00. The second kappa shape index (κ2) is 5.33. The fourth-order valence-corrected chi connectivity index (χ4v) is 2.20. The van der Waals surface area contributed by atoms with Gasteiger partial charge in [-0.15, -0.1) is 0 Å². The molecule has 0 radical (unpaired) electrons. The largest absolute Gasteiger partial charge is 0.462 e. The number of ether oxygens (including phenoxy) is 2. The molecule has 0 saturated heterocycles.